The van der Waals surface area contributed by atoms with Gasteiger partial charge in [0.1, 0.15) is 5.76 Å². The van der Waals surface area contributed by atoms with E-state index in [1.165, 1.54) is 36.6 Å². The highest BCUT2D eigenvalue weighted by atomic mass is 32.2. The lowest BCUT2D eigenvalue weighted by Crippen LogP contribution is -2.22. The number of hydrogen-bond donors (Lipinski definition) is 1. The van der Waals surface area contributed by atoms with Gasteiger partial charge in [-0.15, -0.1) is 0 Å². The first-order chi connectivity index (χ1) is 9.97. The Balaban J connectivity index is 2.08. The highest BCUT2D eigenvalue weighted by molar-refractivity contribution is 7.89. The predicted octanol–water partition coefficient (Wildman–Crippen LogP) is 0.521. The van der Waals surface area contributed by atoms with Gasteiger partial charge in [0.05, 0.1) is 23.7 Å². The number of sulfonamides is 1. The smallest absolute Gasteiger partial charge is 0.240 e. The van der Waals surface area contributed by atoms with Gasteiger partial charge in [-0.25, -0.2) is 13.1 Å². The third-order valence-corrected chi connectivity index (χ3v) is 4.04. The maximum absolute atomic E-state index is 12.0. The molecule has 0 spiro atoms. The molecule has 7 heteroatoms. The van der Waals surface area contributed by atoms with E-state index in [1.54, 1.807) is 12.1 Å². The van der Waals surface area contributed by atoms with Gasteiger partial charge in [0.25, 0.3) is 0 Å². The first kappa shape index (κ1) is 15.0. The second-order valence-corrected chi connectivity index (χ2v) is 5.89. The van der Waals surface area contributed by atoms with Gasteiger partial charge >= 0.3 is 0 Å². The molecule has 1 aromatic heterocycles. The SMILES string of the molecule is O=C([O-])/C=C/c1ccc(S(=O)(=O)NCc2ccco2)cc1. The van der Waals surface area contributed by atoms with Gasteiger partial charge in [-0.1, -0.05) is 18.2 Å². The Morgan fingerprint density at radius 3 is 2.52 bits per heavy atom. The van der Waals surface area contributed by atoms with E-state index in [2.05, 4.69) is 4.72 Å². The molecule has 0 aliphatic carbocycles. The van der Waals surface area contributed by atoms with Crippen LogP contribution in [-0.4, -0.2) is 14.4 Å². The third kappa shape index (κ3) is 4.30. The molecule has 0 bridgehead atoms. The van der Waals surface area contributed by atoms with Crippen molar-refractivity contribution in [2.75, 3.05) is 0 Å². The Kier molecular flexibility index (Phi) is 4.56. The maximum Gasteiger partial charge on any atom is 0.240 e. The van der Waals surface area contributed by atoms with Gasteiger partial charge in [0.2, 0.25) is 10.0 Å². The topological polar surface area (TPSA) is 99.4 Å². The quantitative estimate of drug-likeness (QED) is 0.784. The fourth-order valence-corrected chi connectivity index (χ4v) is 2.58. The van der Waals surface area contributed by atoms with Gasteiger partial charge in [0, 0.05) is 0 Å². The Morgan fingerprint density at radius 2 is 1.95 bits per heavy atom. The fourth-order valence-electron chi connectivity index (χ4n) is 1.58. The van der Waals surface area contributed by atoms with Crippen LogP contribution in [0.25, 0.3) is 6.08 Å². The van der Waals surface area contributed by atoms with E-state index in [1.807, 2.05) is 0 Å². The minimum atomic E-state index is -3.65. The van der Waals surface area contributed by atoms with Crippen LogP contribution in [0.3, 0.4) is 0 Å². The molecule has 0 saturated carbocycles. The van der Waals surface area contributed by atoms with E-state index in [9.17, 15) is 18.3 Å². The summed E-state index contributed by atoms with van der Waals surface area (Å²) in [4.78, 5) is 10.4. The van der Waals surface area contributed by atoms with Crippen molar-refractivity contribution in [2.24, 2.45) is 0 Å². The molecule has 2 rings (SSSR count). The van der Waals surface area contributed by atoms with Gasteiger partial charge in [-0.3, -0.25) is 0 Å². The van der Waals surface area contributed by atoms with Crippen LogP contribution in [0.4, 0.5) is 0 Å². The van der Waals surface area contributed by atoms with E-state index in [4.69, 9.17) is 4.42 Å². The second kappa shape index (κ2) is 6.38. The van der Waals surface area contributed by atoms with Crippen LogP contribution >= 0.6 is 0 Å². The van der Waals surface area contributed by atoms with Crippen LogP contribution < -0.4 is 9.83 Å². The third-order valence-electron chi connectivity index (χ3n) is 2.62. The average molecular weight is 306 g/mol. The van der Waals surface area contributed by atoms with Crippen molar-refractivity contribution in [2.45, 2.75) is 11.4 Å². The molecular weight excluding hydrogens is 294 g/mol. The summed E-state index contributed by atoms with van der Waals surface area (Å²) < 4.78 is 31.5. The first-order valence-electron chi connectivity index (χ1n) is 5.98. The molecule has 0 saturated heterocycles. The highest BCUT2D eigenvalue weighted by Crippen LogP contribution is 2.12. The molecule has 0 unspecified atom stereocenters. The summed E-state index contributed by atoms with van der Waals surface area (Å²) in [6, 6.07) is 9.11. The molecule has 1 heterocycles. The predicted molar refractivity (Wildman–Crippen MR) is 73.2 cm³/mol. The maximum atomic E-state index is 12.0. The highest BCUT2D eigenvalue weighted by Gasteiger charge is 2.13. The molecule has 0 amide bonds. The van der Waals surface area contributed by atoms with E-state index in [-0.39, 0.29) is 11.4 Å². The zero-order chi connectivity index (χ0) is 15.3. The largest absolute Gasteiger partial charge is 0.545 e. The monoisotopic (exact) mass is 306 g/mol. The van der Waals surface area contributed by atoms with Gasteiger partial charge in [-0.2, -0.15) is 0 Å². The molecule has 0 aliphatic heterocycles. The molecule has 0 fully saturated rings. The Morgan fingerprint density at radius 1 is 1.24 bits per heavy atom. The number of benzene rings is 1. The second-order valence-electron chi connectivity index (χ2n) is 4.13. The summed E-state index contributed by atoms with van der Waals surface area (Å²) in [6.07, 6.45) is 3.66. The lowest BCUT2D eigenvalue weighted by atomic mass is 10.2. The number of carbonyl (C=O) groups is 1. The lowest BCUT2D eigenvalue weighted by molar-refractivity contribution is -0.297. The lowest BCUT2D eigenvalue weighted by Gasteiger charge is -2.05. The minimum Gasteiger partial charge on any atom is -0.545 e. The van der Waals surface area contributed by atoms with Crippen LogP contribution in [0.2, 0.25) is 0 Å². The van der Waals surface area contributed by atoms with E-state index in [0.717, 1.165) is 6.08 Å². The van der Waals surface area contributed by atoms with Crippen molar-refractivity contribution in [3.8, 4) is 0 Å². The molecule has 21 heavy (non-hydrogen) atoms. The van der Waals surface area contributed by atoms with Crippen LogP contribution in [0, 0.1) is 0 Å². The summed E-state index contributed by atoms with van der Waals surface area (Å²) >= 11 is 0. The van der Waals surface area contributed by atoms with Gasteiger partial charge < -0.3 is 14.3 Å². The van der Waals surface area contributed by atoms with Crippen molar-refractivity contribution in [1.82, 2.24) is 4.72 Å². The fraction of sp³-hybridized carbons (Fsp3) is 0.0714. The number of furan rings is 1. The zero-order valence-corrected chi connectivity index (χ0v) is 11.7. The van der Waals surface area contributed by atoms with E-state index in [0.29, 0.717) is 11.3 Å². The first-order valence-corrected chi connectivity index (χ1v) is 7.47. The molecule has 0 radical (unpaired) electrons. The molecule has 0 aliphatic rings. The Bertz CT molecular complexity index is 730. The Labute approximate surface area is 121 Å². The van der Waals surface area contributed by atoms with E-state index < -0.39 is 16.0 Å². The number of carboxylic acid groups (broad SMARTS) is 1. The summed E-state index contributed by atoms with van der Waals surface area (Å²) in [5.74, 6) is -0.807. The number of aliphatic carboxylic acids is 1. The molecule has 2 aromatic rings. The standard InChI is InChI=1S/C14H13NO5S/c16-14(17)8-5-11-3-6-13(7-4-11)21(18,19)15-10-12-2-1-9-20-12/h1-9,15H,10H2,(H,16,17)/p-1/b8-5+. The number of carboxylic acids is 1. The van der Waals surface area contributed by atoms with E-state index >= 15 is 0 Å². The van der Waals surface area contributed by atoms with Gasteiger partial charge in [-0.05, 0) is 35.9 Å². The van der Waals surface area contributed by atoms with Crippen molar-refractivity contribution < 1.29 is 22.7 Å². The zero-order valence-electron chi connectivity index (χ0n) is 10.9. The van der Waals surface area contributed by atoms with Gasteiger partial charge in [0.15, 0.2) is 0 Å². The van der Waals surface area contributed by atoms with Crippen LogP contribution in [0.1, 0.15) is 11.3 Å². The minimum absolute atomic E-state index is 0.0572. The number of carbonyl (C=O) groups excluding carboxylic acids is 1. The molecule has 6 nitrogen and oxygen atoms in total. The molecule has 1 aromatic carbocycles. The number of hydrogen-bond acceptors (Lipinski definition) is 5. The van der Waals surface area contributed by atoms with Crippen LogP contribution in [-0.2, 0) is 21.4 Å². The number of nitrogens with one attached hydrogen (secondary N) is 1. The van der Waals surface area contributed by atoms with Crippen LogP contribution in [0.15, 0.2) is 58.1 Å². The van der Waals surface area contributed by atoms with Crippen LogP contribution in [0.5, 0.6) is 0 Å². The molecule has 1 N–H and O–H groups in total. The molecule has 0 atom stereocenters. The summed E-state index contributed by atoms with van der Waals surface area (Å²) in [6.45, 7) is 0.0572. The number of rotatable bonds is 6. The Hall–Kier alpha value is -2.38. The molecule has 110 valence electrons. The summed E-state index contributed by atoms with van der Waals surface area (Å²) in [5, 5.41) is 10.3. The molecular formula is C14H12NO5S-. The van der Waals surface area contributed by atoms with Crippen molar-refractivity contribution >= 4 is 22.1 Å². The summed E-state index contributed by atoms with van der Waals surface area (Å²) in [5.41, 5.74) is 0.559. The summed E-state index contributed by atoms with van der Waals surface area (Å²) in [7, 11) is -3.65. The normalized spacial score (nSPS) is 11.8. The average Bonchev–Trinajstić information content (AvgIpc) is 2.97. The van der Waals surface area contributed by atoms with Crippen molar-refractivity contribution in [3.05, 3.63) is 60.1 Å². The van der Waals surface area contributed by atoms with Crippen molar-refractivity contribution in [1.29, 1.82) is 0 Å². The van der Waals surface area contributed by atoms with Crippen molar-refractivity contribution in [3.63, 3.8) is 0 Å².